The zero-order valence-corrected chi connectivity index (χ0v) is 18.0. The van der Waals surface area contributed by atoms with Crippen molar-refractivity contribution in [2.24, 2.45) is 0 Å². The molecule has 31 heavy (non-hydrogen) atoms. The molecule has 0 spiro atoms. The SMILES string of the molecule is COc1cccc(C=C(C#N)S(=O)(=O)c2ccc(Cl)cc2)c1OCc1ccccc1F. The lowest BCUT2D eigenvalue weighted by atomic mass is 10.1. The van der Waals surface area contributed by atoms with E-state index in [2.05, 4.69) is 0 Å². The van der Waals surface area contributed by atoms with Crippen LogP contribution in [0.5, 0.6) is 11.5 Å². The molecule has 3 aromatic carbocycles. The van der Waals surface area contributed by atoms with Gasteiger partial charge in [-0.2, -0.15) is 5.26 Å². The number of halogens is 2. The summed E-state index contributed by atoms with van der Waals surface area (Å²) in [5.41, 5.74) is 0.613. The van der Waals surface area contributed by atoms with Crippen LogP contribution in [-0.2, 0) is 16.4 Å². The number of ether oxygens (including phenoxy) is 2. The van der Waals surface area contributed by atoms with Gasteiger partial charge in [0.05, 0.1) is 12.0 Å². The third-order valence-electron chi connectivity index (χ3n) is 4.37. The minimum Gasteiger partial charge on any atom is -0.493 e. The number of hydrogen-bond donors (Lipinski definition) is 0. The largest absolute Gasteiger partial charge is 0.493 e. The van der Waals surface area contributed by atoms with Crippen molar-refractivity contribution in [1.29, 1.82) is 5.26 Å². The van der Waals surface area contributed by atoms with E-state index in [1.165, 1.54) is 43.5 Å². The van der Waals surface area contributed by atoms with Gasteiger partial charge in [0.1, 0.15) is 23.4 Å². The van der Waals surface area contributed by atoms with Crippen LogP contribution in [0.25, 0.3) is 6.08 Å². The van der Waals surface area contributed by atoms with E-state index in [-0.39, 0.29) is 17.3 Å². The van der Waals surface area contributed by atoms with Gasteiger partial charge in [0.15, 0.2) is 11.5 Å². The quantitative estimate of drug-likeness (QED) is 0.443. The molecule has 0 radical (unpaired) electrons. The van der Waals surface area contributed by atoms with Gasteiger partial charge in [-0.3, -0.25) is 0 Å². The minimum absolute atomic E-state index is 0.0681. The van der Waals surface area contributed by atoms with Crippen molar-refractivity contribution in [3.8, 4) is 17.6 Å². The molecule has 158 valence electrons. The van der Waals surface area contributed by atoms with Gasteiger partial charge in [0.25, 0.3) is 0 Å². The normalized spacial score (nSPS) is 11.6. The average Bonchev–Trinajstić information content (AvgIpc) is 2.77. The second-order valence-electron chi connectivity index (χ2n) is 6.34. The fourth-order valence-corrected chi connectivity index (χ4v) is 4.06. The summed E-state index contributed by atoms with van der Waals surface area (Å²) in [7, 11) is -2.67. The molecule has 0 bridgehead atoms. The average molecular weight is 458 g/mol. The highest BCUT2D eigenvalue weighted by Crippen LogP contribution is 2.34. The summed E-state index contributed by atoms with van der Waals surface area (Å²) in [5.74, 6) is 0.0658. The molecule has 0 aliphatic heterocycles. The van der Waals surface area contributed by atoms with Crippen LogP contribution in [0, 0.1) is 17.1 Å². The Hall–Kier alpha value is -3.34. The number of hydrogen-bond acceptors (Lipinski definition) is 5. The Bertz CT molecular complexity index is 1270. The Kier molecular flexibility index (Phi) is 6.95. The molecular weight excluding hydrogens is 441 g/mol. The lowest BCUT2D eigenvalue weighted by Gasteiger charge is -2.14. The summed E-state index contributed by atoms with van der Waals surface area (Å²) in [6.45, 7) is -0.111. The first-order valence-electron chi connectivity index (χ1n) is 9.02. The van der Waals surface area contributed by atoms with E-state index in [0.717, 1.165) is 0 Å². The minimum atomic E-state index is -4.09. The molecule has 3 aromatic rings. The maximum absolute atomic E-state index is 14.0. The molecule has 0 saturated heterocycles. The van der Waals surface area contributed by atoms with E-state index in [0.29, 0.717) is 21.9 Å². The van der Waals surface area contributed by atoms with Gasteiger partial charge in [-0.25, -0.2) is 12.8 Å². The van der Waals surface area contributed by atoms with Gasteiger partial charge >= 0.3 is 0 Å². The van der Waals surface area contributed by atoms with E-state index >= 15 is 0 Å². The van der Waals surface area contributed by atoms with Gasteiger partial charge in [-0.05, 0) is 42.5 Å². The second kappa shape index (κ2) is 9.65. The van der Waals surface area contributed by atoms with Crippen molar-refractivity contribution < 1.29 is 22.3 Å². The van der Waals surface area contributed by atoms with Crippen LogP contribution in [0.15, 0.2) is 76.5 Å². The Morgan fingerprint density at radius 3 is 2.45 bits per heavy atom. The molecule has 0 fully saturated rings. The molecule has 5 nitrogen and oxygen atoms in total. The van der Waals surface area contributed by atoms with Crippen molar-refractivity contribution in [3.05, 3.63) is 93.6 Å². The number of sulfone groups is 1. The van der Waals surface area contributed by atoms with E-state index < -0.39 is 20.6 Å². The zero-order valence-electron chi connectivity index (χ0n) is 16.4. The van der Waals surface area contributed by atoms with Crippen LogP contribution in [0.1, 0.15) is 11.1 Å². The molecule has 0 aliphatic carbocycles. The Labute approximate surface area is 184 Å². The third-order valence-corrected chi connectivity index (χ3v) is 6.30. The van der Waals surface area contributed by atoms with Gasteiger partial charge in [-0.15, -0.1) is 0 Å². The highest BCUT2D eigenvalue weighted by atomic mass is 35.5. The van der Waals surface area contributed by atoms with E-state index in [9.17, 15) is 18.1 Å². The van der Waals surface area contributed by atoms with Crippen molar-refractivity contribution in [1.82, 2.24) is 0 Å². The van der Waals surface area contributed by atoms with Crippen LogP contribution in [0.3, 0.4) is 0 Å². The lowest BCUT2D eigenvalue weighted by molar-refractivity contribution is 0.279. The van der Waals surface area contributed by atoms with Crippen LogP contribution in [0.2, 0.25) is 5.02 Å². The summed E-state index contributed by atoms with van der Waals surface area (Å²) in [4.78, 5) is -0.555. The molecule has 0 unspecified atom stereocenters. The molecular formula is C23H17ClFNO4S. The molecule has 0 atom stereocenters. The standard InChI is InChI=1S/C23H17ClFNO4S/c1-29-22-8-4-6-16(23(22)30-15-17-5-2-3-7-21(17)25)13-20(14-26)31(27,28)19-11-9-18(24)10-12-19/h2-13H,15H2,1H3. The Morgan fingerprint density at radius 2 is 1.81 bits per heavy atom. The predicted molar refractivity (Wildman–Crippen MR) is 116 cm³/mol. The Balaban J connectivity index is 2.03. The summed E-state index contributed by atoms with van der Waals surface area (Å²) in [5, 5.41) is 9.93. The fourth-order valence-electron chi connectivity index (χ4n) is 2.78. The number of para-hydroxylation sites is 1. The van der Waals surface area contributed by atoms with E-state index in [1.54, 1.807) is 42.5 Å². The number of methoxy groups -OCH3 is 1. The van der Waals surface area contributed by atoms with Crippen LogP contribution in [-0.4, -0.2) is 15.5 Å². The number of rotatable bonds is 7. The summed E-state index contributed by atoms with van der Waals surface area (Å²) in [6.07, 6.45) is 1.20. The molecule has 0 aromatic heterocycles. The molecule has 8 heteroatoms. The van der Waals surface area contributed by atoms with E-state index in [1.807, 2.05) is 0 Å². The lowest BCUT2D eigenvalue weighted by Crippen LogP contribution is -2.05. The summed E-state index contributed by atoms with van der Waals surface area (Å²) < 4.78 is 50.9. The molecule has 0 saturated carbocycles. The number of nitrogens with zero attached hydrogens (tertiary/aromatic N) is 1. The zero-order chi connectivity index (χ0) is 22.4. The predicted octanol–water partition coefficient (Wildman–Crippen LogP) is 5.41. The Morgan fingerprint density at radius 1 is 1.10 bits per heavy atom. The molecule has 3 rings (SSSR count). The number of nitriles is 1. The maximum atomic E-state index is 14.0. The topological polar surface area (TPSA) is 76.4 Å². The van der Waals surface area contributed by atoms with Crippen LogP contribution in [0.4, 0.5) is 4.39 Å². The first kappa shape index (κ1) is 22.3. The fraction of sp³-hybridized carbons (Fsp3) is 0.0870. The first-order chi connectivity index (χ1) is 14.9. The van der Waals surface area contributed by atoms with Crippen molar-refractivity contribution in [3.63, 3.8) is 0 Å². The first-order valence-corrected chi connectivity index (χ1v) is 10.9. The maximum Gasteiger partial charge on any atom is 0.216 e. The number of benzene rings is 3. The van der Waals surface area contributed by atoms with Crippen LogP contribution >= 0.6 is 11.6 Å². The van der Waals surface area contributed by atoms with Crippen molar-refractivity contribution >= 4 is 27.5 Å². The number of allylic oxidation sites excluding steroid dienone is 1. The molecule has 0 aliphatic rings. The monoisotopic (exact) mass is 457 g/mol. The highest BCUT2D eigenvalue weighted by Gasteiger charge is 2.22. The molecule has 0 heterocycles. The van der Waals surface area contributed by atoms with Gasteiger partial charge < -0.3 is 9.47 Å². The van der Waals surface area contributed by atoms with Gasteiger partial charge in [0, 0.05) is 16.1 Å². The van der Waals surface area contributed by atoms with E-state index in [4.69, 9.17) is 21.1 Å². The molecule has 0 amide bonds. The van der Waals surface area contributed by atoms with Crippen molar-refractivity contribution in [2.75, 3.05) is 7.11 Å². The van der Waals surface area contributed by atoms with Gasteiger partial charge in [0.2, 0.25) is 9.84 Å². The smallest absolute Gasteiger partial charge is 0.216 e. The summed E-state index contributed by atoms with van der Waals surface area (Å²) >= 11 is 5.82. The third kappa shape index (κ3) is 5.05. The van der Waals surface area contributed by atoms with Crippen molar-refractivity contribution in [2.45, 2.75) is 11.5 Å². The highest BCUT2D eigenvalue weighted by molar-refractivity contribution is 7.95. The summed E-state index contributed by atoms with van der Waals surface area (Å²) in [6, 6.07) is 18.2. The van der Waals surface area contributed by atoms with Gasteiger partial charge in [-0.1, -0.05) is 41.9 Å². The van der Waals surface area contributed by atoms with Crippen LogP contribution < -0.4 is 9.47 Å². The molecule has 0 N–H and O–H groups in total. The second-order valence-corrected chi connectivity index (χ2v) is 8.69.